The molecule has 3 rings (SSSR count). The number of hydrogen-bond donors (Lipinski definition) is 1. The average molecular weight is 317 g/mol. The molecule has 116 valence electrons. The van der Waals surface area contributed by atoms with Crippen LogP contribution < -0.4 is 5.32 Å². The van der Waals surface area contributed by atoms with E-state index in [-0.39, 0.29) is 17.4 Å². The van der Waals surface area contributed by atoms with Gasteiger partial charge in [-0.2, -0.15) is 0 Å². The Bertz CT molecular complexity index is 737. The molecule has 3 heterocycles. The number of carbonyl (C=O) groups excluding carboxylic acids is 1. The second kappa shape index (κ2) is 5.57. The molecule has 1 amide bonds. The van der Waals surface area contributed by atoms with Crippen molar-refractivity contribution in [3.05, 3.63) is 42.2 Å². The van der Waals surface area contributed by atoms with Gasteiger partial charge in [-0.3, -0.25) is 9.20 Å². The zero-order valence-corrected chi connectivity index (χ0v) is 13.7. The van der Waals surface area contributed by atoms with E-state index in [0.717, 1.165) is 4.96 Å². The van der Waals surface area contributed by atoms with E-state index in [9.17, 15) is 4.79 Å². The first-order valence-corrected chi connectivity index (χ1v) is 8.00. The monoisotopic (exact) mass is 317 g/mol. The van der Waals surface area contributed by atoms with Crippen molar-refractivity contribution in [1.29, 1.82) is 0 Å². The molecular weight excluding hydrogens is 298 g/mol. The van der Waals surface area contributed by atoms with Crippen molar-refractivity contribution in [2.75, 3.05) is 0 Å². The van der Waals surface area contributed by atoms with E-state index in [1.54, 1.807) is 18.7 Å². The standard InChI is InChI=1S/C15H19N5OS/c1-15(2,3)12(9-19-5-4-16-10-19)18-13(21)11-8-20-6-7-22-14(20)17-11/h4-8,10,12H,9H2,1-3H3,(H,18,21)/t12-/m1/s1. The Morgan fingerprint density at radius 2 is 2.23 bits per heavy atom. The van der Waals surface area contributed by atoms with Crippen LogP contribution in [0.15, 0.2) is 36.5 Å². The summed E-state index contributed by atoms with van der Waals surface area (Å²) in [6.07, 6.45) is 9.06. The van der Waals surface area contributed by atoms with Crippen LogP contribution in [0.1, 0.15) is 31.3 Å². The van der Waals surface area contributed by atoms with Gasteiger partial charge in [-0.05, 0) is 5.41 Å². The summed E-state index contributed by atoms with van der Waals surface area (Å²) in [5, 5.41) is 5.05. The molecule has 0 saturated heterocycles. The van der Waals surface area contributed by atoms with Gasteiger partial charge in [-0.15, -0.1) is 11.3 Å². The summed E-state index contributed by atoms with van der Waals surface area (Å²) in [6, 6.07) is -0.0195. The first-order chi connectivity index (χ1) is 10.4. The summed E-state index contributed by atoms with van der Waals surface area (Å²) >= 11 is 1.51. The van der Waals surface area contributed by atoms with E-state index >= 15 is 0 Å². The van der Waals surface area contributed by atoms with Crippen molar-refractivity contribution < 1.29 is 4.79 Å². The Labute approximate surface area is 132 Å². The maximum atomic E-state index is 12.5. The summed E-state index contributed by atoms with van der Waals surface area (Å²) in [7, 11) is 0. The van der Waals surface area contributed by atoms with E-state index in [0.29, 0.717) is 12.2 Å². The van der Waals surface area contributed by atoms with Crippen LogP contribution in [0.5, 0.6) is 0 Å². The maximum absolute atomic E-state index is 12.5. The molecule has 3 aromatic heterocycles. The fraction of sp³-hybridized carbons (Fsp3) is 0.400. The third-order valence-corrected chi connectivity index (χ3v) is 4.40. The predicted octanol–water partition coefficient (Wildman–Crippen LogP) is 2.44. The lowest BCUT2D eigenvalue weighted by atomic mass is 9.86. The number of nitrogens with one attached hydrogen (secondary N) is 1. The number of amides is 1. The van der Waals surface area contributed by atoms with Crippen LogP contribution >= 0.6 is 11.3 Å². The molecule has 0 aliphatic carbocycles. The lowest BCUT2D eigenvalue weighted by Gasteiger charge is -2.31. The number of thiazole rings is 1. The lowest BCUT2D eigenvalue weighted by Crippen LogP contribution is -2.46. The van der Waals surface area contributed by atoms with E-state index in [2.05, 4.69) is 36.1 Å². The van der Waals surface area contributed by atoms with E-state index in [4.69, 9.17) is 0 Å². The fourth-order valence-corrected chi connectivity index (χ4v) is 2.91. The molecule has 1 N–H and O–H groups in total. The molecule has 0 spiro atoms. The number of aromatic nitrogens is 4. The minimum Gasteiger partial charge on any atom is -0.346 e. The average Bonchev–Trinajstić information content (AvgIpc) is 3.12. The first-order valence-electron chi connectivity index (χ1n) is 7.12. The minimum absolute atomic E-state index is 0.0195. The molecule has 0 unspecified atom stereocenters. The molecule has 0 fully saturated rings. The Hall–Kier alpha value is -2.15. The van der Waals surface area contributed by atoms with Crippen LogP contribution in [0.25, 0.3) is 4.96 Å². The summed E-state index contributed by atoms with van der Waals surface area (Å²) < 4.78 is 3.84. The van der Waals surface area contributed by atoms with Crippen LogP contribution in [-0.4, -0.2) is 30.9 Å². The Morgan fingerprint density at radius 1 is 1.41 bits per heavy atom. The molecule has 0 aromatic carbocycles. The third kappa shape index (κ3) is 3.04. The van der Waals surface area contributed by atoms with Crippen molar-refractivity contribution in [2.24, 2.45) is 5.41 Å². The van der Waals surface area contributed by atoms with Crippen LogP contribution in [0.2, 0.25) is 0 Å². The molecule has 3 aromatic rings. The fourth-order valence-electron chi connectivity index (χ4n) is 2.21. The van der Waals surface area contributed by atoms with Crippen molar-refractivity contribution in [3.63, 3.8) is 0 Å². The van der Waals surface area contributed by atoms with Gasteiger partial charge in [0.25, 0.3) is 5.91 Å². The molecule has 1 atom stereocenters. The molecule has 7 heteroatoms. The molecule has 0 radical (unpaired) electrons. The molecule has 0 saturated carbocycles. The Morgan fingerprint density at radius 3 is 2.86 bits per heavy atom. The van der Waals surface area contributed by atoms with Crippen molar-refractivity contribution in [2.45, 2.75) is 33.4 Å². The lowest BCUT2D eigenvalue weighted by molar-refractivity contribution is 0.0888. The smallest absolute Gasteiger partial charge is 0.271 e. The molecule has 22 heavy (non-hydrogen) atoms. The number of imidazole rings is 2. The second-order valence-electron chi connectivity index (χ2n) is 6.37. The van der Waals surface area contributed by atoms with Gasteiger partial charge in [-0.25, -0.2) is 9.97 Å². The van der Waals surface area contributed by atoms with Crippen LogP contribution in [0.4, 0.5) is 0 Å². The highest BCUT2D eigenvalue weighted by molar-refractivity contribution is 7.15. The molecule has 0 aliphatic heterocycles. The van der Waals surface area contributed by atoms with Crippen molar-refractivity contribution in [1.82, 2.24) is 24.3 Å². The summed E-state index contributed by atoms with van der Waals surface area (Å²) in [5.41, 5.74) is 0.378. The number of carbonyl (C=O) groups is 1. The normalized spacial score (nSPS) is 13.4. The topological polar surface area (TPSA) is 64.2 Å². The molecule has 6 nitrogen and oxygen atoms in total. The van der Waals surface area contributed by atoms with Crippen LogP contribution in [-0.2, 0) is 6.54 Å². The highest BCUT2D eigenvalue weighted by Crippen LogP contribution is 2.21. The van der Waals surface area contributed by atoms with Gasteiger partial charge >= 0.3 is 0 Å². The largest absolute Gasteiger partial charge is 0.346 e. The third-order valence-electron chi connectivity index (χ3n) is 3.63. The summed E-state index contributed by atoms with van der Waals surface area (Å²) in [4.78, 5) is 21.7. The maximum Gasteiger partial charge on any atom is 0.271 e. The van der Waals surface area contributed by atoms with Gasteiger partial charge in [0.2, 0.25) is 0 Å². The number of fused-ring (bicyclic) bond motifs is 1. The van der Waals surface area contributed by atoms with Crippen molar-refractivity contribution >= 4 is 22.2 Å². The highest BCUT2D eigenvalue weighted by Gasteiger charge is 2.27. The SMILES string of the molecule is CC(C)(C)[C@@H](Cn1ccnc1)NC(=O)c1cn2ccsc2n1. The van der Waals surface area contributed by atoms with Crippen LogP contribution in [0.3, 0.4) is 0 Å². The molecular formula is C15H19N5OS. The van der Waals surface area contributed by atoms with Gasteiger partial charge in [0, 0.05) is 36.7 Å². The summed E-state index contributed by atoms with van der Waals surface area (Å²) in [5.74, 6) is -0.143. The quantitative estimate of drug-likeness (QED) is 0.804. The van der Waals surface area contributed by atoms with Gasteiger partial charge in [-0.1, -0.05) is 20.8 Å². The van der Waals surface area contributed by atoms with Crippen LogP contribution in [0, 0.1) is 5.41 Å². The molecule has 0 aliphatic rings. The number of rotatable bonds is 4. The first kappa shape index (κ1) is 14.8. The van der Waals surface area contributed by atoms with Gasteiger partial charge in [0.15, 0.2) is 4.96 Å². The van der Waals surface area contributed by atoms with Gasteiger partial charge in [0.05, 0.1) is 12.4 Å². The second-order valence-corrected chi connectivity index (χ2v) is 7.24. The van der Waals surface area contributed by atoms with Gasteiger partial charge < -0.3 is 9.88 Å². The Balaban J connectivity index is 1.77. The van der Waals surface area contributed by atoms with E-state index < -0.39 is 0 Å². The predicted molar refractivity (Wildman–Crippen MR) is 86.0 cm³/mol. The highest BCUT2D eigenvalue weighted by atomic mass is 32.1. The molecule has 0 bridgehead atoms. The number of hydrogen-bond acceptors (Lipinski definition) is 4. The van der Waals surface area contributed by atoms with Crippen molar-refractivity contribution in [3.8, 4) is 0 Å². The van der Waals surface area contributed by atoms with E-state index in [1.165, 1.54) is 11.3 Å². The van der Waals surface area contributed by atoms with E-state index in [1.807, 2.05) is 26.7 Å². The Kier molecular flexibility index (Phi) is 3.74. The zero-order chi connectivity index (χ0) is 15.7. The summed E-state index contributed by atoms with van der Waals surface area (Å²) in [6.45, 7) is 7.01. The van der Waals surface area contributed by atoms with Gasteiger partial charge in [0.1, 0.15) is 5.69 Å². The number of nitrogens with zero attached hydrogens (tertiary/aromatic N) is 4. The zero-order valence-electron chi connectivity index (χ0n) is 12.9. The minimum atomic E-state index is -0.143.